The molecule has 0 saturated heterocycles. The van der Waals surface area contributed by atoms with Crippen LogP contribution in [0.4, 0.5) is 0 Å². The van der Waals surface area contributed by atoms with E-state index in [-0.39, 0.29) is 0 Å². The van der Waals surface area contributed by atoms with Gasteiger partial charge in [0.15, 0.2) is 0 Å². The van der Waals surface area contributed by atoms with E-state index in [0.717, 1.165) is 12.5 Å². The van der Waals surface area contributed by atoms with Crippen LogP contribution in [0.15, 0.2) is 23.0 Å². The molecule has 2 nitrogen and oxygen atoms in total. The predicted octanol–water partition coefficient (Wildman–Crippen LogP) is 3.12. The van der Waals surface area contributed by atoms with Gasteiger partial charge < -0.3 is 9.73 Å². The van der Waals surface area contributed by atoms with Gasteiger partial charge >= 0.3 is 0 Å². The van der Waals surface area contributed by atoms with Gasteiger partial charge in [0.2, 0.25) is 0 Å². The van der Waals surface area contributed by atoms with Crippen molar-refractivity contribution >= 4 is 0 Å². The first-order valence-electron chi connectivity index (χ1n) is 5.65. The molecule has 1 unspecified atom stereocenters. The lowest BCUT2D eigenvalue weighted by Gasteiger charge is -2.16. The van der Waals surface area contributed by atoms with E-state index >= 15 is 0 Å². The zero-order valence-corrected chi connectivity index (χ0v) is 8.83. The molecule has 1 aliphatic carbocycles. The summed E-state index contributed by atoms with van der Waals surface area (Å²) >= 11 is 0. The molecule has 0 spiro atoms. The van der Waals surface area contributed by atoms with E-state index in [9.17, 15) is 0 Å². The van der Waals surface area contributed by atoms with E-state index in [1.807, 2.05) is 6.26 Å². The molecule has 1 aliphatic rings. The van der Waals surface area contributed by atoms with E-state index in [1.54, 1.807) is 6.26 Å². The van der Waals surface area contributed by atoms with E-state index in [1.165, 1.54) is 31.2 Å². The summed E-state index contributed by atoms with van der Waals surface area (Å²) in [6, 6.07) is 2.59. The summed E-state index contributed by atoms with van der Waals surface area (Å²) in [6.45, 7) is 3.30. The molecule has 2 rings (SSSR count). The summed E-state index contributed by atoms with van der Waals surface area (Å²) in [5, 5.41) is 3.58. The largest absolute Gasteiger partial charge is 0.472 e. The molecule has 0 radical (unpaired) electrons. The zero-order valence-electron chi connectivity index (χ0n) is 8.83. The lowest BCUT2D eigenvalue weighted by Crippen LogP contribution is -2.22. The van der Waals surface area contributed by atoms with Crippen molar-refractivity contribution in [3.8, 4) is 0 Å². The topological polar surface area (TPSA) is 25.2 Å². The lowest BCUT2D eigenvalue weighted by molar-refractivity contribution is 0.466. The highest BCUT2D eigenvalue weighted by Crippen LogP contribution is 2.37. The van der Waals surface area contributed by atoms with Crippen LogP contribution in [-0.4, -0.2) is 6.54 Å². The van der Waals surface area contributed by atoms with Gasteiger partial charge in [-0.2, -0.15) is 0 Å². The maximum atomic E-state index is 5.14. The average molecular weight is 193 g/mol. The van der Waals surface area contributed by atoms with Crippen molar-refractivity contribution in [2.24, 2.45) is 5.92 Å². The van der Waals surface area contributed by atoms with Crippen molar-refractivity contribution in [2.75, 3.05) is 6.54 Å². The molecule has 0 amide bonds. The third-order valence-corrected chi connectivity index (χ3v) is 2.85. The van der Waals surface area contributed by atoms with Crippen molar-refractivity contribution < 1.29 is 4.42 Å². The molecule has 1 atom stereocenters. The normalized spacial score (nSPS) is 18.4. The number of hydrogen-bond donors (Lipinski definition) is 1. The minimum absolute atomic E-state index is 0.515. The average Bonchev–Trinajstić information content (AvgIpc) is 2.84. The fourth-order valence-corrected chi connectivity index (χ4v) is 1.82. The molecule has 78 valence electrons. The van der Waals surface area contributed by atoms with Crippen LogP contribution in [0.2, 0.25) is 0 Å². The minimum atomic E-state index is 0.515. The Labute approximate surface area is 85.7 Å². The quantitative estimate of drug-likeness (QED) is 0.751. The number of nitrogens with one attached hydrogen (secondary N) is 1. The van der Waals surface area contributed by atoms with Crippen molar-refractivity contribution in [3.63, 3.8) is 0 Å². The number of hydrogen-bond acceptors (Lipinski definition) is 2. The van der Waals surface area contributed by atoms with Crippen LogP contribution in [0.25, 0.3) is 0 Å². The summed E-state index contributed by atoms with van der Waals surface area (Å²) in [6.07, 6.45) is 8.95. The highest BCUT2D eigenvalue weighted by atomic mass is 16.3. The van der Waals surface area contributed by atoms with Crippen LogP contribution in [0.5, 0.6) is 0 Å². The second kappa shape index (κ2) is 4.65. The highest BCUT2D eigenvalue weighted by Gasteiger charge is 2.26. The van der Waals surface area contributed by atoms with Crippen LogP contribution >= 0.6 is 0 Å². The molecule has 1 aromatic heterocycles. The summed E-state index contributed by atoms with van der Waals surface area (Å²) in [5.74, 6) is 0.958. The summed E-state index contributed by atoms with van der Waals surface area (Å²) in [7, 11) is 0. The molecular weight excluding hydrogens is 174 g/mol. The highest BCUT2D eigenvalue weighted by molar-refractivity contribution is 5.12. The summed E-state index contributed by atoms with van der Waals surface area (Å²) in [4.78, 5) is 0. The molecule has 1 fully saturated rings. The Kier molecular flexibility index (Phi) is 3.25. The molecule has 14 heavy (non-hydrogen) atoms. The van der Waals surface area contributed by atoms with Gasteiger partial charge in [-0.15, -0.1) is 0 Å². The summed E-state index contributed by atoms with van der Waals surface area (Å²) < 4.78 is 5.14. The van der Waals surface area contributed by atoms with Crippen LogP contribution in [0.3, 0.4) is 0 Å². The number of furan rings is 1. The lowest BCUT2D eigenvalue weighted by atomic mass is 10.0. The molecule has 1 heterocycles. The smallest absolute Gasteiger partial charge is 0.0950 e. The van der Waals surface area contributed by atoms with Gasteiger partial charge in [-0.05, 0) is 31.4 Å². The Balaban J connectivity index is 1.90. The Morgan fingerprint density at radius 1 is 1.57 bits per heavy atom. The van der Waals surface area contributed by atoms with Crippen molar-refractivity contribution in [1.82, 2.24) is 5.32 Å². The minimum Gasteiger partial charge on any atom is -0.472 e. The van der Waals surface area contributed by atoms with Gasteiger partial charge in [0, 0.05) is 11.6 Å². The SMILES string of the molecule is CCCNC(CC1CC1)c1ccoc1. The molecule has 1 N–H and O–H groups in total. The fraction of sp³-hybridized carbons (Fsp3) is 0.667. The first-order valence-corrected chi connectivity index (χ1v) is 5.65. The van der Waals surface area contributed by atoms with Gasteiger partial charge in [-0.3, -0.25) is 0 Å². The monoisotopic (exact) mass is 193 g/mol. The zero-order chi connectivity index (χ0) is 9.80. The van der Waals surface area contributed by atoms with Crippen LogP contribution in [0.1, 0.15) is 44.2 Å². The molecule has 1 saturated carbocycles. The van der Waals surface area contributed by atoms with E-state index in [2.05, 4.69) is 18.3 Å². The fourth-order valence-electron chi connectivity index (χ4n) is 1.82. The van der Waals surface area contributed by atoms with Crippen molar-refractivity contribution in [3.05, 3.63) is 24.2 Å². The van der Waals surface area contributed by atoms with E-state index < -0.39 is 0 Å². The van der Waals surface area contributed by atoms with Gasteiger partial charge in [-0.25, -0.2) is 0 Å². The Hall–Kier alpha value is -0.760. The van der Waals surface area contributed by atoms with Gasteiger partial charge in [0.1, 0.15) is 0 Å². The molecular formula is C12H19NO. The Morgan fingerprint density at radius 2 is 2.43 bits per heavy atom. The maximum Gasteiger partial charge on any atom is 0.0950 e. The molecule has 0 aromatic carbocycles. The van der Waals surface area contributed by atoms with Crippen LogP contribution < -0.4 is 5.32 Å². The summed E-state index contributed by atoms with van der Waals surface area (Å²) in [5.41, 5.74) is 1.31. The second-order valence-corrected chi connectivity index (χ2v) is 4.24. The van der Waals surface area contributed by atoms with Crippen molar-refractivity contribution in [2.45, 2.75) is 38.6 Å². The third kappa shape index (κ3) is 2.61. The maximum absolute atomic E-state index is 5.14. The number of rotatable bonds is 6. The standard InChI is InChI=1S/C12H19NO/c1-2-6-13-12(8-10-3-4-10)11-5-7-14-9-11/h5,7,9-10,12-13H,2-4,6,8H2,1H3. The van der Waals surface area contributed by atoms with Gasteiger partial charge in [-0.1, -0.05) is 19.8 Å². The van der Waals surface area contributed by atoms with Crippen LogP contribution in [-0.2, 0) is 0 Å². The van der Waals surface area contributed by atoms with E-state index in [0.29, 0.717) is 6.04 Å². The molecule has 0 aliphatic heterocycles. The predicted molar refractivity (Wildman–Crippen MR) is 57.1 cm³/mol. The van der Waals surface area contributed by atoms with Gasteiger partial charge in [0.05, 0.1) is 12.5 Å². The van der Waals surface area contributed by atoms with Gasteiger partial charge in [0.25, 0.3) is 0 Å². The molecule has 2 heteroatoms. The van der Waals surface area contributed by atoms with Crippen LogP contribution in [0, 0.1) is 5.92 Å². The third-order valence-electron chi connectivity index (χ3n) is 2.85. The van der Waals surface area contributed by atoms with Crippen molar-refractivity contribution in [1.29, 1.82) is 0 Å². The first-order chi connectivity index (χ1) is 6.90. The molecule has 1 aromatic rings. The van der Waals surface area contributed by atoms with E-state index in [4.69, 9.17) is 4.42 Å². The second-order valence-electron chi connectivity index (χ2n) is 4.24. The first kappa shape index (κ1) is 9.78. The Morgan fingerprint density at radius 3 is 3.00 bits per heavy atom. The Bertz CT molecular complexity index is 251. The molecule has 0 bridgehead atoms.